The quantitative estimate of drug-likeness (QED) is 0.240. The lowest BCUT2D eigenvalue weighted by Gasteiger charge is -2.37. The highest BCUT2D eigenvalue weighted by Crippen LogP contribution is 2.42. The van der Waals surface area contributed by atoms with Gasteiger partial charge in [-0.05, 0) is 86.8 Å². The topological polar surface area (TPSA) is 0 Å². The molecule has 0 unspecified atom stereocenters. The van der Waals surface area contributed by atoms with Crippen molar-refractivity contribution < 1.29 is 0 Å². The molecule has 1 aromatic rings. The zero-order valence-electron chi connectivity index (χ0n) is 21.3. The summed E-state index contributed by atoms with van der Waals surface area (Å²) < 4.78 is 0. The van der Waals surface area contributed by atoms with Gasteiger partial charge in [0, 0.05) is 11.5 Å². The number of benzene rings is 1. The van der Waals surface area contributed by atoms with Gasteiger partial charge in [0.05, 0.1) is 0 Å². The molecule has 0 bridgehead atoms. The molecule has 0 amide bonds. The molecule has 1 aromatic carbocycles. The van der Waals surface area contributed by atoms with Crippen LogP contribution < -0.4 is 0 Å². The van der Waals surface area contributed by atoms with Crippen molar-refractivity contribution in [2.24, 2.45) is 23.7 Å². The number of hydrogen-bond donors (Lipinski definition) is 0. The lowest BCUT2D eigenvalue weighted by Crippen LogP contribution is -2.25. The van der Waals surface area contributed by atoms with Gasteiger partial charge in [-0.1, -0.05) is 102 Å². The summed E-state index contributed by atoms with van der Waals surface area (Å²) in [5.74, 6) is 10.8. The maximum atomic E-state index is 3.63. The van der Waals surface area contributed by atoms with Crippen molar-refractivity contribution in [2.45, 2.75) is 129 Å². The van der Waals surface area contributed by atoms with Crippen molar-refractivity contribution in [3.63, 3.8) is 0 Å². The van der Waals surface area contributed by atoms with Gasteiger partial charge < -0.3 is 0 Å². The highest BCUT2D eigenvalue weighted by atomic mass is 14.4. The summed E-state index contributed by atoms with van der Waals surface area (Å²) in [6.45, 7) is 4.59. The van der Waals surface area contributed by atoms with Crippen LogP contribution in [0.1, 0.15) is 134 Å². The van der Waals surface area contributed by atoms with Gasteiger partial charge in [0.1, 0.15) is 0 Å². The first-order valence-electron chi connectivity index (χ1n) is 14.4. The molecular formula is C32H50. The Labute approximate surface area is 200 Å². The first kappa shape index (κ1) is 25.4. The Balaban J connectivity index is 1.32. The minimum absolute atomic E-state index is 0.634. The van der Waals surface area contributed by atoms with E-state index in [0.717, 1.165) is 17.8 Å². The van der Waals surface area contributed by atoms with E-state index in [1.165, 1.54) is 127 Å². The van der Waals surface area contributed by atoms with Crippen molar-refractivity contribution in [1.29, 1.82) is 0 Å². The molecule has 0 radical (unpaired) electrons. The van der Waals surface area contributed by atoms with Crippen molar-refractivity contribution in [3.05, 3.63) is 35.4 Å². The van der Waals surface area contributed by atoms with Gasteiger partial charge in [-0.25, -0.2) is 0 Å². The second kappa shape index (κ2) is 14.8. The highest BCUT2D eigenvalue weighted by molar-refractivity contribution is 5.36. The van der Waals surface area contributed by atoms with E-state index in [2.05, 4.69) is 50.0 Å². The third kappa shape index (κ3) is 8.96. The normalized spacial score (nSPS) is 25.8. The predicted octanol–water partition coefficient (Wildman–Crippen LogP) is 9.74. The summed E-state index contributed by atoms with van der Waals surface area (Å²) in [5, 5.41) is 0. The van der Waals surface area contributed by atoms with E-state index < -0.39 is 0 Å². The Bertz CT molecular complexity index is 656. The maximum Gasteiger partial charge on any atom is 0.0245 e. The van der Waals surface area contributed by atoms with Crippen molar-refractivity contribution in [1.82, 2.24) is 0 Å². The van der Waals surface area contributed by atoms with Gasteiger partial charge in [-0.3, -0.25) is 0 Å². The standard InChI is InChI=1S/C32H50/c1-3-5-7-8-10-12-28-19-23-31(24-20-28)32-25-21-30(22-26-32)18-17-29-15-13-27(14-16-29)11-9-6-4-2/h13-16,28,30-32H,3-12,19-26H2,1-2H3/t28-,30?,31-,32?. The molecule has 0 saturated heterocycles. The van der Waals surface area contributed by atoms with Crippen molar-refractivity contribution >= 4 is 0 Å². The minimum Gasteiger partial charge on any atom is -0.0945 e. The molecule has 0 heteroatoms. The summed E-state index contributed by atoms with van der Waals surface area (Å²) >= 11 is 0. The van der Waals surface area contributed by atoms with Crippen LogP contribution in [-0.4, -0.2) is 0 Å². The smallest absolute Gasteiger partial charge is 0.0245 e. The number of rotatable bonds is 11. The van der Waals surface area contributed by atoms with Crippen molar-refractivity contribution in [3.8, 4) is 11.8 Å². The van der Waals surface area contributed by atoms with Crippen LogP contribution in [0.25, 0.3) is 0 Å². The minimum atomic E-state index is 0.634. The largest absolute Gasteiger partial charge is 0.0945 e. The molecule has 2 saturated carbocycles. The lowest BCUT2D eigenvalue weighted by atomic mass is 9.69. The van der Waals surface area contributed by atoms with Gasteiger partial charge in [-0.15, -0.1) is 0 Å². The average Bonchev–Trinajstić information content (AvgIpc) is 2.84. The summed E-state index contributed by atoms with van der Waals surface area (Å²) in [4.78, 5) is 0. The third-order valence-electron chi connectivity index (χ3n) is 8.49. The van der Waals surface area contributed by atoms with Crippen LogP contribution in [0.4, 0.5) is 0 Å². The fourth-order valence-electron chi connectivity index (χ4n) is 6.24. The molecule has 178 valence electrons. The first-order chi connectivity index (χ1) is 15.8. The summed E-state index contributed by atoms with van der Waals surface area (Å²) in [6, 6.07) is 9.06. The van der Waals surface area contributed by atoms with Crippen LogP contribution in [0.5, 0.6) is 0 Å². The van der Waals surface area contributed by atoms with E-state index in [9.17, 15) is 0 Å². The molecule has 0 atom stereocenters. The second-order valence-corrected chi connectivity index (χ2v) is 11.0. The Morgan fingerprint density at radius 3 is 1.91 bits per heavy atom. The zero-order valence-corrected chi connectivity index (χ0v) is 21.3. The Hall–Kier alpha value is -1.22. The Kier molecular flexibility index (Phi) is 11.8. The second-order valence-electron chi connectivity index (χ2n) is 11.0. The zero-order chi connectivity index (χ0) is 22.4. The Morgan fingerprint density at radius 1 is 0.656 bits per heavy atom. The van der Waals surface area contributed by atoms with E-state index in [-0.39, 0.29) is 0 Å². The summed E-state index contributed by atoms with van der Waals surface area (Å²) in [7, 11) is 0. The molecule has 2 fully saturated rings. The molecule has 0 heterocycles. The number of hydrogen-bond acceptors (Lipinski definition) is 0. The van der Waals surface area contributed by atoms with E-state index in [1.54, 1.807) is 0 Å². The van der Waals surface area contributed by atoms with Crippen LogP contribution in [0.3, 0.4) is 0 Å². The van der Waals surface area contributed by atoms with Crippen LogP contribution in [0, 0.1) is 35.5 Å². The maximum absolute atomic E-state index is 3.63. The monoisotopic (exact) mass is 434 g/mol. The fraction of sp³-hybridized carbons (Fsp3) is 0.750. The molecule has 0 aromatic heterocycles. The highest BCUT2D eigenvalue weighted by Gasteiger charge is 2.30. The molecule has 0 nitrogen and oxygen atoms in total. The third-order valence-corrected chi connectivity index (χ3v) is 8.49. The van der Waals surface area contributed by atoms with E-state index in [1.807, 2.05) is 0 Å². The van der Waals surface area contributed by atoms with Gasteiger partial charge in [0.25, 0.3) is 0 Å². The predicted molar refractivity (Wildman–Crippen MR) is 141 cm³/mol. The van der Waals surface area contributed by atoms with Crippen LogP contribution in [0.15, 0.2) is 24.3 Å². The van der Waals surface area contributed by atoms with Crippen LogP contribution in [-0.2, 0) is 6.42 Å². The van der Waals surface area contributed by atoms with Crippen LogP contribution >= 0.6 is 0 Å². The average molecular weight is 435 g/mol. The fourth-order valence-corrected chi connectivity index (χ4v) is 6.24. The van der Waals surface area contributed by atoms with Gasteiger partial charge in [0.2, 0.25) is 0 Å². The van der Waals surface area contributed by atoms with E-state index in [0.29, 0.717) is 5.92 Å². The summed E-state index contributed by atoms with van der Waals surface area (Å²) in [5.41, 5.74) is 2.68. The molecule has 32 heavy (non-hydrogen) atoms. The molecule has 2 aliphatic rings. The lowest BCUT2D eigenvalue weighted by molar-refractivity contribution is 0.153. The molecule has 3 rings (SSSR count). The SMILES string of the molecule is CCCCCCC[C@H]1CC[C@H](C2CCC(C#Cc3ccc(CCCCC)cc3)CC2)CC1. The number of unbranched alkanes of at least 4 members (excludes halogenated alkanes) is 6. The van der Waals surface area contributed by atoms with Gasteiger partial charge in [0.15, 0.2) is 0 Å². The van der Waals surface area contributed by atoms with Crippen molar-refractivity contribution in [2.75, 3.05) is 0 Å². The van der Waals surface area contributed by atoms with E-state index in [4.69, 9.17) is 0 Å². The van der Waals surface area contributed by atoms with E-state index >= 15 is 0 Å². The molecular weight excluding hydrogens is 384 g/mol. The summed E-state index contributed by atoms with van der Waals surface area (Å²) in [6.07, 6.45) is 25.5. The van der Waals surface area contributed by atoms with Crippen LogP contribution in [0.2, 0.25) is 0 Å². The molecule has 0 spiro atoms. The molecule has 0 N–H and O–H groups in total. The first-order valence-corrected chi connectivity index (χ1v) is 14.4. The molecule has 2 aliphatic carbocycles. The molecule has 0 aliphatic heterocycles. The Morgan fingerprint density at radius 2 is 1.25 bits per heavy atom. The number of aryl methyl sites for hydroxylation is 1. The van der Waals surface area contributed by atoms with Gasteiger partial charge in [-0.2, -0.15) is 0 Å². The van der Waals surface area contributed by atoms with Gasteiger partial charge >= 0.3 is 0 Å².